The van der Waals surface area contributed by atoms with Crippen LogP contribution in [0.15, 0.2) is 29.4 Å². The van der Waals surface area contributed by atoms with Gasteiger partial charge in [-0.2, -0.15) is 0 Å². The van der Waals surface area contributed by atoms with Gasteiger partial charge in [0, 0.05) is 37.0 Å². The number of anilines is 1. The molecule has 1 aliphatic rings. The molecule has 6 nitrogen and oxygen atoms in total. The molecule has 3 aromatic rings. The number of alkyl halides is 3. The Bertz CT molecular complexity index is 1200. The Morgan fingerprint density at radius 1 is 1.25 bits per heavy atom. The minimum atomic E-state index is -2.12. The Hall–Kier alpha value is -3.01. The van der Waals surface area contributed by atoms with E-state index in [9.17, 15) is 17.6 Å². The molecule has 0 bridgehead atoms. The first kappa shape index (κ1) is 27.6. The van der Waals surface area contributed by atoms with Gasteiger partial charge in [-0.3, -0.25) is 4.99 Å². The van der Waals surface area contributed by atoms with Crippen LogP contribution in [0.2, 0.25) is 0 Å². The molecule has 0 radical (unpaired) electrons. The number of nitrogens with zero attached hydrogens (tertiary/aromatic N) is 5. The van der Waals surface area contributed by atoms with E-state index < -0.39 is 12.6 Å². The van der Waals surface area contributed by atoms with E-state index in [0.717, 1.165) is 40.2 Å². The number of rotatable bonds is 5. The van der Waals surface area contributed by atoms with Crippen LogP contribution < -0.4 is 5.32 Å². The molecule has 0 amide bonds. The minimum Gasteiger partial charge on any atom is -0.347 e. The summed E-state index contributed by atoms with van der Waals surface area (Å²) in [5.74, 6) is 0.0403. The SMILES string of the molecule is CC(C)=Nc1c(C)cc(-c2ccn3nc(NC4CCN(C)CC4F)nc(C)c23)cc1F.CCC(F)F. The number of benzene rings is 1. The Balaban J connectivity index is 0.000000658. The molecule has 2 aromatic heterocycles. The van der Waals surface area contributed by atoms with Crippen molar-refractivity contribution in [1.29, 1.82) is 0 Å². The Morgan fingerprint density at radius 3 is 2.53 bits per heavy atom. The summed E-state index contributed by atoms with van der Waals surface area (Å²) in [5.41, 5.74) is 5.06. The maximum Gasteiger partial charge on any atom is 0.241 e. The zero-order valence-electron chi connectivity index (χ0n) is 21.6. The molecule has 36 heavy (non-hydrogen) atoms. The number of hydrogen-bond acceptors (Lipinski definition) is 5. The van der Waals surface area contributed by atoms with Gasteiger partial charge in [-0.1, -0.05) is 6.92 Å². The van der Waals surface area contributed by atoms with Crippen molar-refractivity contribution in [3.63, 3.8) is 0 Å². The first-order chi connectivity index (χ1) is 17.0. The van der Waals surface area contributed by atoms with E-state index in [1.807, 2.05) is 58.0 Å². The van der Waals surface area contributed by atoms with Crippen LogP contribution in [0.25, 0.3) is 16.6 Å². The lowest BCUT2D eigenvalue weighted by atomic mass is 10.0. The van der Waals surface area contributed by atoms with Gasteiger partial charge in [-0.25, -0.2) is 27.1 Å². The number of aryl methyl sites for hydroxylation is 2. The largest absolute Gasteiger partial charge is 0.347 e. The van der Waals surface area contributed by atoms with Crippen molar-refractivity contribution >= 4 is 22.9 Å². The number of nitrogens with one attached hydrogen (secondary N) is 1. The van der Waals surface area contributed by atoms with Crippen LogP contribution in [0, 0.1) is 19.7 Å². The van der Waals surface area contributed by atoms with Gasteiger partial charge in [0.05, 0.1) is 17.3 Å². The maximum absolute atomic E-state index is 14.8. The number of aromatic nitrogens is 3. The molecule has 2 atom stereocenters. The topological polar surface area (TPSA) is 57.8 Å². The second-order valence-corrected chi connectivity index (χ2v) is 9.34. The van der Waals surface area contributed by atoms with Crippen molar-refractivity contribution < 1.29 is 17.6 Å². The van der Waals surface area contributed by atoms with Gasteiger partial charge >= 0.3 is 0 Å². The molecule has 1 N–H and O–H groups in total. The summed E-state index contributed by atoms with van der Waals surface area (Å²) >= 11 is 0. The van der Waals surface area contributed by atoms with Gasteiger partial charge in [0.25, 0.3) is 0 Å². The van der Waals surface area contributed by atoms with E-state index in [4.69, 9.17) is 0 Å². The molecular weight excluding hydrogens is 472 g/mol. The highest BCUT2D eigenvalue weighted by molar-refractivity contribution is 5.85. The van der Waals surface area contributed by atoms with Gasteiger partial charge in [-0.15, -0.1) is 5.10 Å². The third-order valence-corrected chi connectivity index (χ3v) is 5.95. The van der Waals surface area contributed by atoms with E-state index in [-0.39, 0.29) is 18.3 Å². The zero-order chi connectivity index (χ0) is 26.6. The summed E-state index contributed by atoms with van der Waals surface area (Å²) in [7, 11) is 1.92. The fourth-order valence-corrected chi connectivity index (χ4v) is 4.14. The molecule has 1 aromatic carbocycles. The Labute approximate surface area is 209 Å². The lowest BCUT2D eigenvalue weighted by Gasteiger charge is -2.32. The highest BCUT2D eigenvalue weighted by atomic mass is 19.3. The Kier molecular flexibility index (Phi) is 9.05. The summed E-state index contributed by atoms with van der Waals surface area (Å²) in [4.78, 5) is 10.9. The van der Waals surface area contributed by atoms with Gasteiger partial charge in [-0.05, 0) is 70.5 Å². The van der Waals surface area contributed by atoms with Crippen LogP contribution in [-0.4, -0.2) is 64.0 Å². The number of piperidine rings is 1. The average molecular weight is 507 g/mol. The van der Waals surface area contributed by atoms with Gasteiger partial charge in [0.2, 0.25) is 12.4 Å². The number of halogens is 4. The number of hydrogen-bond donors (Lipinski definition) is 1. The molecule has 0 saturated carbocycles. The predicted octanol–water partition coefficient (Wildman–Crippen LogP) is 6.38. The quantitative estimate of drug-likeness (QED) is 0.322. The monoisotopic (exact) mass is 506 g/mol. The van der Waals surface area contributed by atoms with Crippen molar-refractivity contribution in [2.24, 2.45) is 4.99 Å². The molecule has 196 valence electrons. The standard InChI is InChI=1S/C23H28F2N6.C3H6F2/c1-13(2)26-21-14(3)10-16(11-18(21)24)17-6-9-31-22(17)15(4)27-23(29-31)28-20-7-8-30(5)12-19(20)25;1-2-3(4)5/h6,9-11,19-20H,7-8,12H2,1-5H3,(H,28,29);3H,2H2,1H3. The molecule has 4 rings (SSSR count). The highest BCUT2D eigenvalue weighted by Gasteiger charge is 2.28. The number of likely N-dealkylation sites (tertiary alicyclic amines) is 1. The first-order valence-electron chi connectivity index (χ1n) is 12.1. The molecule has 1 fully saturated rings. The average Bonchev–Trinajstić information content (AvgIpc) is 3.23. The molecular formula is C26H34F4N6. The van der Waals surface area contributed by atoms with Gasteiger partial charge < -0.3 is 10.2 Å². The van der Waals surface area contributed by atoms with Crippen LogP contribution in [0.1, 0.15) is 44.9 Å². The van der Waals surface area contributed by atoms with Crippen molar-refractivity contribution in [1.82, 2.24) is 19.5 Å². The van der Waals surface area contributed by atoms with Crippen LogP contribution in [0.3, 0.4) is 0 Å². The van der Waals surface area contributed by atoms with Crippen LogP contribution in [0.5, 0.6) is 0 Å². The lowest BCUT2D eigenvalue weighted by molar-refractivity contribution is 0.144. The zero-order valence-corrected chi connectivity index (χ0v) is 21.6. The summed E-state index contributed by atoms with van der Waals surface area (Å²) in [5, 5.41) is 7.69. The molecule has 1 saturated heterocycles. The smallest absolute Gasteiger partial charge is 0.241 e. The molecule has 0 spiro atoms. The van der Waals surface area contributed by atoms with E-state index in [2.05, 4.69) is 20.4 Å². The van der Waals surface area contributed by atoms with Crippen LogP contribution in [0.4, 0.5) is 29.2 Å². The highest BCUT2D eigenvalue weighted by Crippen LogP contribution is 2.33. The van der Waals surface area contributed by atoms with E-state index in [0.29, 0.717) is 24.6 Å². The van der Waals surface area contributed by atoms with Crippen molar-refractivity contribution in [2.75, 3.05) is 25.5 Å². The van der Waals surface area contributed by atoms with E-state index in [1.54, 1.807) is 4.52 Å². The molecule has 3 heterocycles. The second kappa shape index (κ2) is 11.8. The third kappa shape index (κ3) is 6.60. The summed E-state index contributed by atoms with van der Waals surface area (Å²) in [6.45, 7) is 10.1. The molecule has 0 aliphatic carbocycles. The Morgan fingerprint density at radius 2 is 1.94 bits per heavy atom. The maximum atomic E-state index is 14.8. The van der Waals surface area contributed by atoms with E-state index >= 15 is 0 Å². The van der Waals surface area contributed by atoms with Gasteiger partial charge in [0.1, 0.15) is 17.7 Å². The third-order valence-electron chi connectivity index (χ3n) is 5.95. The normalized spacial score (nSPS) is 18.2. The lowest BCUT2D eigenvalue weighted by Crippen LogP contribution is -2.46. The van der Waals surface area contributed by atoms with Crippen molar-refractivity contribution in [3.05, 3.63) is 41.5 Å². The second-order valence-electron chi connectivity index (χ2n) is 9.34. The van der Waals surface area contributed by atoms with Crippen molar-refractivity contribution in [2.45, 2.75) is 66.1 Å². The molecule has 1 aliphatic heterocycles. The van der Waals surface area contributed by atoms with Gasteiger partial charge in [0.15, 0.2) is 0 Å². The molecule has 10 heteroatoms. The number of aliphatic imine (C=N–C) groups is 1. The molecule has 2 unspecified atom stereocenters. The summed E-state index contributed by atoms with van der Waals surface area (Å²) in [6, 6.07) is 5.02. The van der Waals surface area contributed by atoms with E-state index in [1.165, 1.54) is 13.0 Å². The van der Waals surface area contributed by atoms with Crippen molar-refractivity contribution in [3.8, 4) is 11.1 Å². The number of fused-ring (bicyclic) bond motifs is 1. The first-order valence-corrected chi connectivity index (χ1v) is 12.1. The predicted molar refractivity (Wildman–Crippen MR) is 137 cm³/mol. The summed E-state index contributed by atoms with van der Waals surface area (Å²) in [6.07, 6.45) is -0.603. The van der Waals surface area contributed by atoms with Crippen LogP contribution >= 0.6 is 0 Å². The fraction of sp³-hybridized carbons (Fsp3) is 0.500. The van der Waals surface area contributed by atoms with Crippen LogP contribution in [-0.2, 0) is 0 Å². The fourth-order valence-electron chi connectivity index (χ4n) is 4.14. The minimum absolute atomic E-state index is 0.0278. The summed E-state index contributed by atoms with van der Waals surface area (Å²) < 4.78 is 52.4.